The molecule has 4 saturated carbocycles. The average Bonchev–Trinajstić information content (AvgIpc) is 2.59. The molecule has 7 nitrogen and oxygen atoms in total. The van der Waals surface area contributed by atoms with Gasteiger partial charge in [0.05, 0.1) is 24.5 Å². The van der Waals surface area contributed by atoms with Crippen LogP contribution in [-0.2, 0) is 20.7 Å². The molecule has 0 saturated heterocycles. The summed E-state index contributed by atoms with van der Waals surface area (Å²) in [5, 5.41) is 3.32. The molecule has 1 atom stereocenters. The number of carbonyl (C=O) groups excluding carboxylic acids is 2. The smallest absolute Gasteiger partial charge is 0.311 e. The zero-order chi connectivity index (χ0) is 19.9. The topological polar surface area (TPSA) is 101 Å². The number of esters is 1. The fraction of sp³-hybridized carbons (Fsp3) is 0.700. The Morgan fingerprint density at radius 3 is 2.46 bits per heavy atom. The molecule has 1 heterocycles. The lowest BCUT2D eigenvalue weighted by Gasteiger charge is -2.57. The number of aromatic amines is 1. The van der Waals surface area contributed by atoms with Crippen LogP contribution in [0.1, 0.15) is 51.1 Å². The number of hydrogen-bond acceptors (Lipinski definition) is 6. The fourth-order valence-electron chi connectivity index (χ4n) is 5.70. The summed E-state index contributed by atoms with van der Waals surface area (Å²) < 4.78 is 4.63. The normalized spacial score (nSPS) is 31.4. The molecule has 0 unspecified atom stereocenters. The number of rotatable bonds is 6. The van der Waals surface area contributed by atoms with Gasteiger partial charge in [-0.15, -0.1) is 0 Å². The number of ether oxygens (including phenoxy) is 1. The van der Waals surface area contributed by atoms with Gasteiger partial charge >= 0.3 is 5.97 Å². The molecular weight excluding hydrogens is 378 g/mol. The van der Waals surface area contributed by atoms with Crippen LogP contribution in [0.15, 0.2) is 16.0 Å². The summed E-state index contributed by atoms with van der Waals surface area (Å²) in [6.07, 6.45) is 7.23. The predicted molar refractivity (Wildman–Crippen MR) is 105 cm³/mol. The van der Waals surface area contributed by atoms with Gasteiger partial charge in [-0.2, -0.15) is 0 Å². The number of amides is 1. The summed E-state index contributed by atoms with van der Waals surface area (Å²) in [4.78, 5) is 43.2. The zero-order valence-electron chi connectivity index (χ0n) is 16.3. The van der Waals surface area contributed by atoms with Crippen molar-refractivity contribution in [3.05, 3.63) is 22.1 Å². The van der Waals surface area contributed by atoms with E-state index < -0.39 is 5.97 Å². The molecule has 28 heavy (non-hydrogen) atoms. The number of nitrogens with zero attached hydrogens (tertiary/aromatic N) is 1. The number of hydrogen-bond donors (Lipinski definition) is 2. The summed E-state index contributed by atoms with van der Waals surface area (Å²) in [5.41, 5.74) is -0.0364. The summed E-state index contributed by atoms with van der Waals surface area (Å²) >= 11 is 1.21. The van der Waals surface area contributed by atoms with Gasteiger partial charge in [0.1, 0.15) is 0 Å². The van der Waals surface area contributed by atoms with Crippen LogP contribution in [0.5, 0.6) is 0 Å². The molecule has 4 bridgehead atoms. The summed E-state index contributed by atoms with van der Waals surface area (Å²) in [6.45, 7) is 1.83. The monoisotopic (exact) mass is 405 g/mol. The van der Waals surface area contributed by atoms with E-state index in [4.69, 9.17) is 0 Å². The van der Waals surface area contributed by atoms with Crippen molar-refractivity contribution >= 4 is 23.6 Å². The van der Waals surface area contributed by atoms with E-state index in [0.717, 1.165) is 37.0 Å². The van der Waals surface area contributed by atoms with Crippen LogP contribution in [-0.4, -0.2) is 39.7 Å². The predicted octanol–water partition coefficient (Wildman–Crippen LogP) is 2.05. The molecule has 5 rings (SSSR count). The highest BCUT2D eigenvalue weighted by Gasteiger charge is 2.51. The van der Waals surface area contributed by atoms with Crippen molar-refractivity contribution in [1.29, 1.82) is 0 Å². The Labute approximate surface area is 168 Å². The van der Waals surface area contributed by atoms with Gasteiger partial charge in [0.15, 0.2) is 5.16 Å². The Hall–Kier alpha value is -1.83. The van der Waals surface area contributed by atoms with E-state index in [0.29, 0.717) is 10.9 Å². The van der Waals surface area contributed by atoms with Crippen molar-refractivity contribution in [3.63, 3.8) is 0 Å². The maximum absolute atomic E-state index is 12.9. The zero-order valence-corrected chi connectivity index (χ0v) is 17.1. The van der Waals surface area contributed by atoms with Crippen molar-refractivity contribution < 1.29 is 14.3 Å². The summed E-state index contributed by atoms with van der Waals surface area (Å²) in [5.74, 6) is 1.84. The first-order valence-electron chi connectivity index (χ1n) is 10.00. The third-order valence-electron chi connectivity index (χ3n) is 6.41. The fourth-order valence-corrected chi connectivity index (χ4v) is 6.53. The number of thioether (sulfide) groups is 1. The minimum atomic E-state index is -0.457. The van der Waals surface area contributed by atoms with Crippen molar-refractivity contribution in [3.8, 4) is 0 Å². The Kier molecular flexibility index (Phi) is 5.24. The quantitative estimate of drug-likeness (QED) is 0.427. The molecule has 8 heteroatoms. The van der Waals surface area contributed by atoms with Gasteiger partial charge in [-0.1, -0.05) is 11.8 Å². The standard InChI is InChI=1S/C20H27N3O4S/c1-11(28-19-21-15(6-16(24)22-19)7-17(25)27-2)18(26)23-20-8-12-3-13(9-20)5-14(4-12)10-20/h6,11-14H,3-5,7-10H2,1-2H3,(H,23,26)(H,21,22,24)/t11-,12?,13?,14?,20?/m0/s1. The van der Waals surface area contributed by atoms with Crippen molar-refractivity contribution in [1.82, 2.24) is 15.3 Å². The van der Waals surface area contributed by atoms with Gasteiger partial charge in [-0.3, -0.25) is 14.4 Å². The molecule has 0 aliphatic heterocycles. The third-order valence-corrected chi connectivity index (χ3v) is 7.39. The second-order valence-electron chi connectivity index (χ2n) is 8.74. The van der Waals surface area contributed by atoms with E-state index in [2.05, 4.69) is 20.0 Å². The van der Waals surface area contributed by atoms with Crippen LogP contribution in [0.3, 0.4) is 0 Å². The van der Waals surface area contributed by atoms with Crippen LogP contribution in [0.4, 0.5) is 0 Å². The molecule has 4 aliphatic rings. The van der Waals surface area contributed by atoms with Crippen LogP contribution >= 0.6 is 11.8 Å². The largest absolute Gasteiger partial charge is 0.469 e. The van der Waals surface area contributed by atoms with E-state index in [-0.39, 0.29) is 28.7 Å². The first-order chi connectivity index (χ1) is 13.3. The van der Waals surface area contributed by atoms with Gasteiger partial charge in [-0.25, -0.2) is 4.98 Å². The highest BCUT2D eigenvalue weighted by atomic mass is 32.2. The molecule has 1 aromatic heterocycles. The Balaban J connectivity index is 1.41. The van der Waals surface area contributed by atoms with Gasteiger partial charge in [0.25, 0.3) is 5.56 Å². The van der Waals surface area contributed by atoms with Gasteiger partial charge in [0, 0.05) is 11.6 Å². The molecule has 0 aromatic carbocycles. The highest BCUT2D eigenvalue weighted by molar-refractivity contribution is 8.00. The lowest BCUT2D eigenvalue weighted by molar-refractivity contribution is -0.139. The van der Waals surface area contributed by atoms with E-state index in [1.54, 1.807) is 0 Å². The van der Waals surface area contributed by atoms with Gasteiger partial charge in [0.2, 0.25) is 5.91 Å². The van der Waals surface area contributed by atoms with E-state index in [1.807, 2.05) is 6.92 Å². The third kappa shape index (κ3) is 4.11. The van der Waals surface area contributed by atoms with Gasteiger partial charge in [-0.05, 0) is 63.2 Å². The minimum Gasteiger partial charge on any atom is -0.469 e. The lowest BCUT2D eigenvalue weighted by Crippen LogP contribution is -2.60. The molecule has 0 spiro atoms. The molecule has 1 amide bonds. The molecule has 2 N–H and O–H groups in total. The number of aromatic nitrogens is 2. The number of methoxy groups -OCH3 is 1. The van der Waals surface area contributed by atoms with Crippen LogP contribution in [0, 0.1) is 17.8 Å². The van der Waals surface area contributed by atoms with Crippen molar-refractivity contribution in [2.24, 2.45) is 17.8 Å². The summed E-state index contributed by atoms with van der Waals surface area (Å²) in [6, 6.07) is 1.28. The van der Waals surface area contributed by atoms with Crippen molar-refractivity contribution in [2.75, 3.05) is 7.11 Å². The molecular formula is C20H27N3O4S. The number of nitrogens with one attached hydrogen (secondary N) is 2. The van der Waals surface area contributed by atoms with Crippen LogP contribution < -0.4 is 10.9 Å². The van der Waals surface area contributed by atoms with Crippen LogP contribution in [0.25, 0.3) is 0 Å². The molecule has 4 aliphatic carbocycles. The van der Waals surface area contributed by atoms with Crippen molar-refractivity contribution in [2.45, 2.75) is 67.8 Å². The van der Waals surface area contributed by atoms with E-state index in [9.17, 15) is 14.4 Å². The molecule has 4 fully saturated rings. The van der Waals surface area contributed by atoms with E-state index >= 15 is 0 Å². The second-order valence-corrected chi connectivity index (χ2v) is 10.1. The SMILES string of the molecule is COC(=O)Cc1cc(=O)[nH]c(S[C@@H](C)C(=O)NC23CC4CC(CC(C4)C2)C3)n1. The molecule has 1 aromatic rings. The minimum absolute atomic E-state index is 0.00651. The lowest BCUT2D eigenvalue weighted by atomic mass is 9.53. The molecule has 0 radical (unpaired) electrons. The molecule has 152 valence electrons. The van der Waals surface area contributed by atoms with Crippen LogP contribution in [0.2, 0.25) is 0 Å². The number of carbonyl (C=O) groups is 2. The maximum atomic E-state index is 12.9. The van der Waals surface area contributed by atoms with Gasteiger partial charge < -0.3 is 15.0 Å². The average molecular weight is 406 g/mol. The second kappa shape index (κ2) is 7.54. The Morgan fingerprint density at radius 2 is 1.89 bits per heavy atom. The summed E-state index contributed by atoms with van der Waals surface area (Å²) in [7, 11) is 1.29. The maximum Gasteiger partial charge on any atom is 0.311 e. The van der Waals surface area contributed by atoms with E-state index in [1.165, 1.54) is 44.2 Å². The number of H-pyrrole nitrogens is 1. The first-order valence-corrected chi connectivity index (χ1v) is 10.9. The first kappa shape index (κ1) is 19.5. The Bertz CT molecular complexity index is 802. The highest BCUT2D eigenvalue weighted by Crippen LogP contribution is 2.55. The Morgan fingerprint density at radius 1 is 1.29 bits per heavy atom.